The molecule has 0 radical (unpaired) electrons. The number of nitrogens with zero attached hydrogens (tertiary/aromatic N) is 2. The third kappa shape index (κ3) is 2.53. The van der Waals surface area contributed by atoms with E-state index < -0.39 is 0 Å². The molecule has 0 spiro atoms. The minimum Gasteiger partial charge on any atom is -0.378 e. The zero-order chi connectivity index (χ0) is 15.7. The first-order chi connectivity index (χ1) is 10.6. The Balaban J connectivity index is 1.88. The van der Waals surface area contributed by atoms with Gasteiger partial charge < -0.3 is 10.2 Å². The molecule has 0 aliphatic rings. The minimum atomic E-state index is -0.210. The molecule has 0 atom stereocenters. The van der Waals surface area contributed by atoms with Gasteiger partial charge in [0.2, 0.25) is 0 Å². The Morgan fingerprint density at radius 1 is 1.18 bits per heavy atom. The summed E-state index contributed by atoms with van der Waals surface area (Å²) in [6, 6.07) is 13.5. The zero-order valence-electron chi connectivity index (χ0n) is 12.8. The molecule has 5 heteroatoms. The molecular weight excluding hydrogens is 276 g/mol. The molecule has 22 heavy (non-hydrogen) atoms. The van der Waals surface area contributed by atoms with Gasteiger partial charge in [0.05, 0.1) is 5.52 Å². The maximum absolute atomic E-state index is 12.5. The quantitative estimate of drug-likeness (QED) is 0.780. The molecular formula is C17H18N4O. The van der Waals surface area contributed by atoms with Gasteiger partial charge >= 0.3 is 0 Å². The van der Waals surface area contributed by atoms with Crippen LogP contribution in [0.5, 0.6) is 0 Å². The zero-order valence-corrected chi connectivity index (χ0v) is 12.8. The summed E-state index contributed by atoms with van der Waals surface area (Å²) in [4.78, 5) is 14.5. The highest BCUT2D eigenvalue weighted by atomic mass is 16.1. The summed E-state index contributed by atoms with van der Waals surface area (Å²) in [5.41, 5.74) is 4.17. The van der Waals surface area contributed by atoms with Crippen molar-refractivity contribution in [3.05, 3.63) is 53.7 Å². The molecule has 2 N–H and O–H groups in total. The Morgan fingerprint density at radius 3 is 2.68 bits per heavy atom. The van der Waals surface area contributed by atoms with Gasteiger partial charge in [-0.25, -0.2) is 0 Å². The van der Waals surface area contributed by atoms with Crippen molar-refractivity contribution in [3.8, 4) is 0 Å². The van der Waals surface area contributed by atoms with E-state index in [1.54, 1.807) is 0 Å². The van der Waals surface area contributed by atoms with Crippen LogP contribution in [0.1, 0.15) is 16.1 Å². The molecule has 5 nitrogen and oxygen atoms in total. The van der Waals surface area contributed by atoms with E-state index in [-0.39, 0.29) is 5.91 Å². The van der Waals surface area contributed by atoms with Gasteiger partial charge in [-0.2, -0.15) is 5.10 Å². The van der Waals surface area contributed by atoms with E-state index in [1.165, 1.54) is 0 Å². The van der Waals surface area contributed by atoms with E-state index in [0.717, 1.165) is 27.8 Å². The molecule has 3 aromatic rings. The molecule has 0 saturated heterocycles. The Morgan fingerprint density at radius 2 is 1.95 bits per heavy atom. The van der Waals surface area contributed by atoms with Crippen LogP contribution in [0.2, 0.25) is 0 Å². The number of fused-ring (bicyclic) bond motifs is 1. The molecule has 3 rings (SSSR count). The Bertz CT molecular complexity index is 836. The summed E-state index contributed by atoms with van der Waals surface area (Å²) in [5.74, 6) is -0.210. The van der Waals surface area contributed by atoms with Gasteiger partial charge in [0.15, 0.2) is 5.69 Å². The summed E-state index contributed by atoms with van der Waals surface area (Å²) >= 11 is 0. The van der Waals surface area contributed by atoms with Gasteiger partial charge in [0.25, 0.3) is 5.91 Å². The van der Waals surface area contributed by atoms with Crippen LogP contribution in [0.15, 0.2) is 42.5 Å². The number of aromatic nitrogens is 2. The fourth-order valence-corrected chi connectivity index (χ4v) is 2.38. The topological polar surface area (TPSA) is 61.0 Å². The van der Waals surface area contributed by atoms with Crippen molar-refractivity contribution in [1.29, 1.82) is 0 Å². The fraction of sp³-hybridized carbons (Fsp3) is 0.176. The highest BCUT2D eigenvalue weighted by molar-refractivity contribution is 6.11. The van der Waals surface area contributed by atoms with Crippen molar-refractivity contribution in [1.82, 2.24) is 10.2 Å². The second-order valence-corrected chi connectivity index (χ2v) is 5.47. The standard InChI is InChI=1S/C17H18N4O/c1-11-10-12(21(2)3)8-9-14(11)18-17(22)16-13-6-4-5-7-15(13)19-20-16/h4-10H,1-3H3,(H,18,22)(H,19,20). The Labute approximate surface area is 128 Å². The van der Waals surface area contributed by atoms with Gasteiger partial charge in [-0.3, -0.25) is 9.89 Å². The molecule has 0 bridgehead atoms. The maximum atomic E-state index is 12.5. The van der Waals surface area contributed by atoms with E-state index >= 15 is 0 Å². The van der Waals surface area contributed by atoms with Crippen LogP contribution < -0.4 is 10.2 Å². The normalized spacial score (nSPS) is 10.7. The van der Waals surface area contributed by atoms with Crippen LogP contribution in [0.3, 0.4) is 0 Å². The number of aromatic amines is 1. The average molecular weight is 294 g/mol. The SMILES string of the molecule is Cc1cc(N(C)C)ccc1NC(=O)c1n[nH]c2ccccc12. The number of carbonyl (C=O) groups excluding carboxylic acids is 1. The molecule has 0 aliphatic carbocycles. The maximum Gasteiger partial charge on any atom is 0.276 e. The number of anilines is 2. The Kier molecular flexibility index (Phi) is 3.55. The predicted molar refractivity (Wildman–Crippen MR) is 89.6 cm³/mol. The Hall–Kier alpha value is -2.82. The summed E-state index contributed by atoms with van der Waals surface area (Å²) in [5, 5.41) is 10.8. The third-order valence-corrected chi connectivity index (χ3v) is 3.66. The van der Waals surface area contributed by atoms with Crippen molar-refractivity contribution < 1.29 is 4.79 Å². The van der Waals surface area contributed by atoms with Crippen molar-refractivity contribution in [2.45, 2.75) is 6.92 Å². The van der Waals surface area contributed by atoms with E-state index in [2.05, 4.69) is 15.5 Å². The van der Waals surface area contributed by atoms with Crippen LogP contribution in [0.4, 0.5) is 11.4 Å². The van der Waals surface area contributed by atoms with E-state index in [1.807, 2.05) is 68.4 Å². The number of carbonyl (C=O) groups is 1. The first kappa shape index (κ1) is 14.1. The van der Waals surface area contributed by atoms with Crippen LogP contribution >= 0.6 is 0 Å². The number of H-pyrrole nitrogens is 1. The molecule has 0 unspecified atom stereocenters. The molecule has 1 amide bonds. The number of hydrogen-bond acceptors (Lipinski definition) is 3. The fourth-order valence-electron chi connectivity index (χ4n) is 2.38. The van der Waals surface area contributed by atoms with Crippen LogP contribution in [0.25, 0.3) is 10.9 Å². The van der Waals surface area contributed by atoms with Crippen molar-refractivity contribution in [3.63, 3.8) is 0 Å². The third-order valence-electron chi connectivity index (χ3n) is 3.66. The molecule has 1 aromatic heterocycles. The van der Waals surface area contributed by atoms with Crippen LogP contribution in [0, 0.1) is 6.92 Å². The molecule has 112 valence electrons. The molecule has 0 aliphatic heterocycles. The lowest BCUT2D eigenvalue weighted by atomic mass is 10.1. The lowest BCUT2D eigenvalue weighted by Crippen LogP contribution is -2.14. The van der Waals surface area contributed by atoms with E-state index in [9.17, 15) is 4.79 Å². The highest BCUT2D eigenvalue weighted by Crippen LogP contribution is 2.23. The van der Waals surface area contributed by atoms with Gasteiger partial charge in [0, 0.05) is 30.9 Å². The number of rotatable bonds is 3. The number of hydrogen-bond donors (Lipinski definition) is 2. The van der Waals surface area contributed by atoms with E-state index in [0.29, 0.717) is 5.69 Å². The van der Waals surface area contributed by atoms with Crippen molar-refractivity contribution in [2.75, 3.05) is 24.3 Å². The highest BCUT2D eigenvalue weighted by Gasteiger charge is 2.14. The summed E-state index contributed by atoms with van der Waals surface area (Å²) in [6.07, 6.45) is 0. The van der Waals surface area contributed by atoms with Gasteiger partial charge in [-0.15, -0.1) is 0 Å². The number of benzene rings is 2. The lowest BCUT2D eigenvalue weighted by molar-refractivity contribution is 0.102. The molecule has 1 heterocycles. The van der Waals surface area contributed by atoms with Crippen molar-refractivity contribution in [2.24, 2.45) is 0 Å². The van der Waals surface area contributed by atoms with Gasteiger partial charge in [-0.05, 0) is 36.8 Å². The second-order valence-electron chi connectivity index (χ2n) is 5.47. The van der Waals surface area contributed by atoms with Gasteiger partial charge in [-0.1, -0.05) is 18.2 Å². The molecule has 0 saturated carbocycles. The first-order valence-corrected chi connectivity index (χ1v) is 7.08. The average Bonchev–Trinajstić information content (AvgIpc) is 2.93. The minimum absolute atomic E-state index is 0.210. The van der Waals surface area contributed by atoms with Crippen LogP contribution in [-0.4, -0.2) is 30.2 Å². The van der Waals surface area contributed by atoms with Crippen molar-refractivity contribution >= 4 is 28.2 Å². The van der Waals surface area contributed by atoms with Crippen LogP contribution in [-0.2, 0) is 0 Å². The summed E-state index contributed by atoms with van der Waals surface area (Å²) in [7, 11) is 3.98. The van der Waals surface area contributed by atoms with Gasteiger partial charge in [0.1, 0.15) is 0 Å². The molecule has 0 fully saturated rings. The second kappa shape index (κ2) is 5.52. The first-order valence-electron chi connectivity index (χ1n) is 7.08. The number of amides is 1. The lowest BCUT2D eigenvalue weighted by Gasteiger charge is -2.15. The number of aryl methyl sites for hydroxylation is 1. The molecule has 2 aromatic carbocycles. The predicted octanol–water partition coefficient (Wildman–Crippen LogP) is 3.19. The smallest absolute Gasteiger partial charge is 0.276 e. The summed E-state index contributed by atoms with van der Waals surface area (Å²) in [6.45, 7) is 1.98. The number of nitrogens with one attached hydrogen (secondary N) is 2. The summed E-state index contributed by atoms with van der Waals surface area (Å²) < 4.78 is 0. The monoisotopic (exact) mass is 294 g/mol. The largest absolute Gasteiger partial charge is 0.378 e. The number of para-hydroxylation sites is 1. The van der Waals surface area contributed by atoms with E-state index in [4.69, 9.17) is 0 Å².